The molecule has 4 heteroatoms. The van der Waals surface area contributed by atoms with Crippen LogP contribution in [0.5, 0.6) is 0 Å². The number of methoxy groups -OCH3 is 1. The van der Waals surface area contributed by atoms with E-state index in [1.165, 1.54) is 45.2 Å². The minimum absolute atomic E-state index is 0.897. The molecule has 0 aliphatic carbocycles. The zero-order valence-electron chi connectivity index (χ0n) is 8.89. The molecule has 0 radical (unpaired) electrons. The second kappa shape index (κ2) is 7.82. The highest BCUT2D eigenvalue weighted by molar-refractivity contribution is 9.12. The van der Waals surface area contributed by atoms with E-state index >= 15 is 0 Å². The van der Waals surface area contributed by atoms with Gasteiger partial charge in [0.2, 0.25) is 0 Å². The van der Waals surface area contributed by atoms with Crippen molar-refractivity contribution >= 4 is 43.2 Å². The van der Waals surface area contributed by atoms with E-state index in [-0.39, 0.29) is 0 Å². The van der Waals surface area contributed by atoms with Gasteiger partial charge in [-0.2, -0.15) is 0 Å². The SMILES string of the molecule is COCCCCCCc1cc(Br)sc1Br. The monoisotopic (exact) mass is 354 g/mol. The van der Waals surface area contributed by atoms with Gasteiger partial charge in [0.05, 0.1) is 7.57 Å². The summed E-state index contributed by atoms with van der Waals surface area (Å²) in [6, 6.07) is 2.21. The standard InChI is InChI=1S/C11H16Br2OS/c1-14-7-5-3-2-4-6-9-8-10(12)15-11(9)13/h8H,2-7H2,1H3. The summed E-state index contributed by atoms with van der Waals surface area (Å²) >= 11 is 8.83. The molecule has 0 saturated heterocycles. The first-order valence-electron chi connectivity index (χ1n) is 5.16. The topological polar surface area (TPSA) is 9.23 Å². The molecule has 0 atom stereocenters. The molecular formula is C11H16Br2OS. The van der Waals surface area contributed by atoms with Crippen LogP contribution in [0.2, 0.25) is 0 Å². The van der Waals surface area contributed by atoms with Crippen LogP contribution in [0.4, 0.5) is 0 Å². The molecule has 0 unspecified atom stereocenters. The maximum atomic E-state index is 5.02. The lowest BCUT2D eigenvalue weighted by molar-refractivity contribution is 0.192. The maximum Gasteiger partial charge on any atom is 0.0742 e. The van der Waals surface area contributed by atoms with Gasteiger partial charge < -0.3 is 4.74 Å². The molecule has 0 aromatic carbocycles. The number of halogens is 2. The molecule has 0 N–H and O–H groups in total. The maximum absolute atomic E-state index is 5.02. The fourth-order valence-electron chi connectivity index (χ4n) is 1.46. The van der Waals surface area contributed by atoms with Crippen molar-refractivity contribution in [1.82, 2.24) is 0 Å². The Hall–Kier alpha value is 0.620. The second-order valence-electron chi connectivity index (χ2n) is 3.51. The normalized spacial score (nSPS) is 10.9. The highest BCUT2D eigenvalue weighted by atomic mass is 79.9. The Balaban J connectivity index is 2.12. The third-order valence-corrected chi connectivity index (χ3v) is 4.74. The lowest BCUT2D eigenvalue weighted by Crippen LogP contribution is -1.89. The molecule has 0 fully saturated rings. The molecule has 1 aromatic rings. The number of unbranched alkanes of at least 4 members (excludes halogenated alkanes) is 3. The Labute approximate surface area is 112 Å². The zero-order chi connectivity index (χ0) is 11.1. The summed E-state index contributed by atoms with van der Waals surface area (Å²) in [5.41, 5.74) is 1.43. The summed E-state index contributed by atoms with van der Waals surface area (Å²) in [7, 11) is 1.76. The molecule has 15 heavy (non-hydrogen) atoms. The van der Waals surface area contributed by atoms with E-state index in [1.807, 2.05) is 0 Å². The molecule has 1 heterocycles. The first kappa shape index (κ1) is 13.7. The van der Waals surface area contributed by atoms with Crippen molar-refractivity contribution in [3.8, 4) is 0 Å². The number of hydrogen-bond acceptors (Lipinski definition) is 2. The average Bonchev–Trinajstić information content (AvgIpc) is 2.51. The molecule has 0 spiro atoms. The van der Waals surface area contributed by atoms with Crippen molar-refractivity contribution in [2.75, 3.05) is 13.7 Å². The van der Waals surface area contributed by atoms with E-state index in [0.717, 1.165) is 6.61 Å². The van der Waals surface area contributed by atoms with Gasteiger partial charge in [-0.1, -0.05) is 12.8 Å². The zero-order valence-corrected chi connectivity index (χ0v) is 12.9. The van der Waals surface area contributed by atoms with Crippen LogP contribution in [-0.4, -0.2) is 13.7 Å². The van der Waals surface area contributed by atoms with Crippen LogP contribution in [0.1, 0.15) is 31.2 Å². The van der Waals surface area contributed by atoms with Crippen molar-refractivity contribution in [2.24, 2.45) is 0 Å². The molecule has 0 aliphatic heterocycles. The van der Waals surface area contributed by atoms with Crippen molar-refractivity contribution in [3.05, 3.63) is 19.2 Å². The Morgan fingerprint density at radius 3 is 2.53 bits per heavy atom. The molecular weight excluding hydrogens is 340 g/mol. The first-order chi connectivity index (χ1) is 7.24. The van der Waals surface area contributed by atoms with Crippen molar-refractivity contribution in [1.29, 1.82) is 0 Å². The predicted octanol–water partition coefficient (Wildman–Crippen LogP) is 5.02. The summed E-state index contributed by atoms with van der Waals surface area (Å²) in [5.74, 6) is 0. The minimum Gasteiger partial charge on any atom is -0.385 e. The number of thiophene rings is 1. The minimum atomic E-state index is 0.897. The van der Waals surface area contributed by atoms with Crippen LogP contribution in [-0.2, 0) is 11.2 Å². The van der Waals surface area contributed by atoms with E-state index in [2.05, 4.69) is 37.9 Å². The van der Waals surface area contributed by atoms with E-state index in [9.17, 15) is 0 Å². The van der Waals surface area contributed by atoms with Gasteiger partial charge in [0.1, 0.15) is 0 Å². The van der Waals surface area contributed by atoms with E-state index in [1.54, 1.807) is 18.4 Å². The van der Waals surface area contributed by atoms with Gasteiger partial charge >= 0.3 is 0 Å². The lowest BCUT2D eigenvalue weighted by Gasteiger charge is -2.00. The predicted molar refractivity (Wildman–Crippen MR) is 73.8 cm³/mol. The van der Waals surface area contributed by atoms with Gasteiger partial charge in [-0.05, 0) is 62.8 Å². The quantitative estimate of drug-likeness (QED) is 0.624. The van der Waals surface area contributed by atoms with Crippen LogP contribution >= 0.6 is 43.2 Å². The second-order valence-corrected chi connectivity index (χ2v) is 7.26. The third-order valence-electron chi connectivity index (χ3n) is 2.27. The fraction of sp³-hybridized carbons (Fsp3) is 0.636. The summed E-state index contributed by atoms with van der Waals surface area (Å²) < 4.78 is 7.50. The Morgan fingerprint density at radius 2 is 1.93 bits per heavy atom. The molecule has 1 aromatic heterocycles. The Kier molecular flexibility index (Phi) is 7.14. The Morgan fingerprint density at radius 1 is 1.20 bits per heavy atom. The highest BCUT2D eigenvalue weighted by Gasteiger charge is 2.04. The summed E-state index contributed by atoms with van der Waals surface area (Å²) in [5, 5.41) is 0. The van der Waals surface area contributed by atoms with Gasteiger partial charge in [-0.3, -0.25) is 0 Å². The van der Waals surface area contributed by atoms with E-state index in [4.69, 9.17) is 4.74 Å². The van der Waals surface area contributed by atoms with Gasteiger partial charge in [0, 0.05) is 13.7 Å². The summed E-state index contributed by atoms with van der Waals surface area (Å²) in [4.78, 5) is 0. The largest absolute Gasteiger partial charge is 0.385 e. The molecule has 0 bridgehead atoms. The van der Waals surface area contributed by atoms with E-state index in [0.29, 0.717) is 0 Å². The number of hydrogen-bond donors (Lipinski definition) is 0. The third kappa shape index (κ3) is 5.48. The Bertz CT molecular complexity index is 286. The van der Waals surface area contributed by atoms with Crippen molar-refractivity contribution in [3.63, 3.8) is 0 Å². The van der Waals surface area contributed by atoms with Crippen LogP contribution in [0.25, 0.3) is 0 Å². The van der Waals surface area contributed by atoms with Crippen LogP contribution in [0, 0.1) is 0 Å². The van der Waals surface area contributed by atoms with Gasteiger partial charge in [0.25, 0.3) is 0 Å². The lowest BCUT2D eigenvalue weighted by atomic mass is 10.1. The van der Waals surface area contributed by atoms with Crippen LogP contribution in [0.15, 0.2) is 13.6 Å². The number of aryl methyl sites for hydroxylation is 1. The molecule has 86 valence electrons. The van der Waals surface area contributed by atoms with Crippen LogP contribution < -0.4 is 0 Å². The summed E-state index contributed by atoms with van der Waals surface area (Å²) in [6.07, 6.45) is 6.20. The van der Waals surface area contributed by atoms with Gasteiger partial charge in [-0.25, -0.2) is 0 Å². The fourth-order valence-corrected chi connectivity index (χ4v) is 4.37. The van der Waals surface area contributed by atoms with Crippen LogP contribution in [0.3, 0.4) is 0 Å². The molecule has 0 amide bonds. The highest BCUT2D eigenvalue weighted by Crippen LogP contribution is 2.32. The molecule has 1 nitrogen and oxygen atoms in total. The average molecular weight is 356 g/mol. The van der Waals surface area contributed by atoms with E-state index < -0.39 is 0 Å². The smallest absolute Gasteiger partial charge is 0.0742 e. The molecule has 0 aliphatic rings. The number of ether oxygens (including phenoxy) is 1. The summed E-state index contributed by atoms with van der Waals surface area (Å²) in [6.45, 7) is 0.897. The molecule has 1 rings (SSSR count). The molecule has 0 saturated carbocycles. The van der Waals surface area contributed by atoms with Gasteiger partial charge in [-0.15, -0.1) is 11.3 Å². The van der Waals surface area contributed by atoms with Crippen molar-refractivity contribution in [2.45, 2.75) is 32.1 Å². The number of rotatable bonds is 7. The van der Waals surface area contributed by atoms with Gasteiger partial charge in [0.15, 0.2) is 0 Å². The van der Waals surface area contributed by atoms with Crippen molar-refractivity contribution < 1.29 is 4.74 Å². The first-order valence-corrected chi connectivity index (χ1v) is 7.57.